The average molecular weight is 336 g/mol. The van der Waals surface area contributed by atoms with E-state index in [0.29, 0.717) is 26.2 Å². The Morgan fingerprint density at radius 1 is 0.958 bits per heavy atom. The normalized spacial score (nSPS) is 15.5. The SMILES string of the molecule is O=C(c1ccc(C(F)(F)F)cc1)N1CCN(c2cccc[nH+]2)CC1. The number of hydrogen-bond acceptors (Lipinski definition) is 2. The largest absolute Gasteiger partial charge is 0.416 e. The molecular formula is C17H17F3N3O+. The second kappa shape index (κ2) is 6.51. The van der Waals surface area contributed by atoms with Crippen molar-refractivity contribution in [1.29, 1.82) is 0 Å². The third-order valence-corrected chi connectivity index (χ3v) is 4.06. The van der Waals surface area contributed by atoms with Crippen molar-refractivity contribution in [3.8, 4) is 0 Å². The van der Waals surface area contributed by atoms with Gasteiger partial charge in [-0.15, -0.1) is 0 Å². The molecule has 0 unspecified atom stereocenters. The number of alkyl halides is 3. The molecule has 0 spiro atoms. The summed E-state index contributed by atoms with van der Waals surface area (Å²) in [5, 5.41) is 0. The van der Waals surface area contributed by atoms with Crippen LogP contribution >= 0.6 is 0 Å². The van der Waals surface area contributed by atoms with Gasteiger partial charge in [0.1, 0.15) is 13.1 Å². The molecule has 7 heteroatoms. The molecule has 0 radical (unpaired) electrons. The van der Waals surface area contributed by atoms with Crippen molar-refractivity contribution in [2.75, 3.05) is 31.1 Å². The summed E-state index contributed by atoms with van der Waals surface area (Å²) in [4.78, 5) is 19.4. The van der Waals surface area contributed by atoms with Crippen LogP contribution in [-0.4, -0.2) is 37.0 Å². The molecule has 1 saturated heterocycles. The van der Waals surface area contributed by atoms with E-state index in [1.807, 2.05) is 24.4 Å². The number of aromatic amines is 1. The lowest BCUT2D eigenvalue weighted by molar-refractivity contribution is -0.364. The maximum atomic E-state index is 12.6. The lowest BCUT2D eigenvalue weighted by Gasteiger charge is -2.31. The number of hydrogen-bond donors (Lipinski definition) is 0. The highest BCUT2D eigenvalue weighted by molar-refractivity contribution is 5.94. The highest BCUT2D eigenvalue weighted by Gasteiger charge is 2.31. The maximum Gasteiger partial charge on any atom is 0.416 e. The van der Waals surface area contributed by atoms with E-state index in [0.717, 1.165) is 18.0 Å². The summed E-state index contributed by atoms with van der Waals surface area (Å²) in [6.07, 6.45) is -2.55. The van der Waals surface area contributed by atoms with E-state index in [9.17, 15) is 18.0 Å². The summed E-state index contributed by atoms with van der Waals surface area (Å²) < 4.78 is 37.7. The quantitative estimate of drug-likeness (QED) is 0.845. The van der Waals surface area contributed by atoms with E-state index in [1.54, 1.807) is 4.90 Å². The van der Waals surface area contributed by atoms with Gasteiger partial charge in [-0.05, 0) is 30.3 Å². The molecule has 2 aromatic rings. The molecule has 0 aliphatic carbocycles. The molecular weight excluding hydrogens is 319 g/mol. The summed E-state index contributed by atoms with van der Waals surface area (Å²) in [5.41, 5.74) is -0.466. The molecule has 0 bridgehead atoms. The zero-order chi connectivity index (χ0) is 17.2. The standard InChI is InChI=1S/C17H16F3N3O/c18-17(19,20)14-6-4-13(5-7-14)16(24)23-11-9-22(10-12-23)15-3-1-2-8-21-15/h1-8H,9-12H2/p+1. The number of rotatable bonds is 2. The highest BCUT2D eigenvalue weighted by atomic mass is 19.4. The van der Waals surface area contributed by atoms with Gasteiger partial charge in [-0.3, -0.25) is 9.69 Å². The van der Waals surface area contributed by atoms with Crippen molar-refractivity contribution in [3.63, 3.8) is 0 Å². The number of H-pyrrole nitrogens is 1. The number of pyridine rings is 1. The van der Waals surface area contributed by atoms with Crippen LogP contribution in [0.5, 0.6) is 0 Å². The molecule has 1 fully saturated rings. The van der Waals surface area contributed by atoms with E-state index < -0.39 is 11.7 Å². The first-order valence-electron chi connectivity index (χ1n) is 7.63. The first kappa shape index (κ1) is 16.3. The van der Waals surface area contributed by atoms with E-state index in [-0.39, 0.29) is 11.5 Å². The average Bonchev–Trinajstić information content (AvgIpc) is 2.61. The zero-order valence-electron chi connectivity index (χ0n) is 12.9. The van der Waals surface area contributed by atoms with Crippen molar-refractivity contribution in [1.82, 2.24) is 4.90 Å². The number of aromatic nitrogens is 1. The zero-order valence-corrected chi connectivity index (χ0v) is 12.9. The van der Waals surface area contributed by atoms with Crippen LogP contribution in [0, 0.1) is 0 Å². The van der Waals surface area contributed by atoms with Gasteiger partial charge in [0, 0.05) is 11.6 Å². The van der Waals surface area contributed by atoms with Gasteiger partial charge in [0.2, 0.25) is 0 Å². The van der Waals surface area contributed by atoms with Gasteiger partial charge in [-0.1, -0.05) is 6.07 Å². The highest BCUT2D eigenvalue weighted by Crippen LogP contribution is 2.29. The summed E-state index contributed by atoms with van der Waals surface area (Å²) in [6.45, 7) is 2.41. The maximum absolute atomic E-state index is 12.6. The van der Waals surface area contributed by atoms with Crippen molar-refractivity contribution < 1.29 is 22.9 Å². The number of benzene rings is 1. The Kier molecular flexibility index (Phi) is 4.42. The Labute approximate surface area is 137 Å². The lowest BCUT2D eigenvalue weighted by Crippen LogP contribution is -2.50. The van der Waals surface area contributed by atoms with Crippen LogP contribution in [0.2, 0.25) is 0 Å². The van der Waals surface area contributed by atoms with Crippen molar-refractivity contribution >= 4 is 11.7 Å². The topological polar surface area (TPSA) is 37.7 Å². The molecule has 126 valence electrons. The monoisotopic (exact) mass is 336 g/mol. The summed E-state index contributed by atoms with van der Waals surface area (Å²) in [7, 11) is 0. The second-order valence-electron chi connectivity index (χ2n) is 5.60. The second-order valence-corrected chi connectivity index (χ2v) is 5.60. The third-order valence-electron chi connectivity index (χ3n) is 4.06. The number of halogens is 3. The molecule has 0 saturated carbocycles. The van der Waals surface area contributed by atoms with Crippen molar-refractivity contribution in [3.05, 3.63) is 59.8 Å². The van der Waals surface area contributed by atoms with Gasteiger partial charge in [-0.2, -0.15) is 13.2 Å². The Balaban J connectivity index is 1.63. The summed E-state index contributed by atoms with van der Waals surface area (Å²) >= 11 is 0. The van der Waals surface area contributed by atoms with Crippen LogP contribution in [0.4, 0.5) is 19.0 Å². The first-order valence-corrected chi connectivity index (χ1v) is 7.63. The molecule has 1 aliphatic rings. The van der Waals surface area contributed by atoms with E-state index in [4.69, 9.17) is 0 Å². The minimum Gasteiger partial charge on any atom is -0.331 e. The fourth-order valence-corrected chi connectivity index (χ4v) is 2.72. The Hall–Kier alpha value is -2.57. The molecule has 4 nitrogen and oxygen atoms in total. The van der Waals surface area contributed by atoms with Gasteiger partial charge in [-0.25, -0.2) is 4.98 Å². The summed E-state index contributed by atoms with van der Waals surface area (Å²) in [6, 6.07) is 10.2. The number of carbonyl (C=O) groups is 1. The molecule has 1 aromatic carbocycles. The van der Waals surface area contributed by atoms with Crippen LogP contribution in [0.25, 0.3) is 0 Å². The van der Waals surface area contributed by atoms with Crippen LogP contribution < -0.4 is 9.88 Å². The molecule has 1 N–H and O–H groups in total. The smallest absolute Gasteiger partial charge is 0.331 e. The third kappa shape index (κ3) is 3.50. The van der Waals surface area contributed by atoms with E-state index in [2.05, 4.69) is 9.88 Å². The molecule has 2 heterocycles. The number of anilines is 1. The fraction of sp³-hybridized carbons (Fsp3) is 0.294. The van der Waals surface area contributed by atoms with Crippen molar-refractivity contribution in [2.45, 2.75) is 6.18 Å². The fourth-order valence-electron chi connectivity index (χ4n) is 2.72. The number of nitrogens with one attached hydrogen (secondary N) is 1. The molecule has 24 heavy (non-hydrogen) atoms. The van der Waals surface area contributed by atoms with Crippen LogP contribution in [0.15, 0.2) is 48.7 Å². The number of piperazine rings is 1. The van der Waals surface area contributed by atoms with Gasteiger partial charge in [0.25, 0.3) is 11.7 Å². The molecule has 1 amide bonds. The van der Waals surface area contributed by atoms with Crippen LogP contribution in [-0.2, 0) is 6.18 Å². The Morgan fingerprint density at radius 3 is 2.17 bits per heavy atom. The minimum atomic E-state index is -4.39. The van der Waals surface area contributed by atoms with Gasteiger partial charge < -0.3 is 4.90 Å². The van der Waals surface area contributed by atoms with E-state index >= 15 is 0 Å². The molecule has 1 aliphatic heterocycles. The minimum absolute atomic E-state index is 0.236. The van der Waals surface area contributed by atoms with Gasteiger partial charge >= 0.3 is 6.18 Å². The summed E-state index contributed by atoms with van der Waals surface area (Å²) in [5.74, 6) is 0.750. The lowest BCUT2D eigenvalue weighted by atomic mass is 10.1. The number of amides is 1. The Bertz CT molecular complexity index is 693. The predicted octanol–water partition coefficient (Wildman–Crippen LogP) is 2.48. The number of nitrogens with zero attached hydrogens (tertiary/aromatic N) is 2. The van der Waals surface area contributed by atoms with Crippen molar-refractivity contribution in [2.24, 2.45) is 0 Å². The van der Waals surface area contributed by atoms with Crippen LogP contribution in [0.3, 0.4) is 0 Å². The van der Waals surface area contributed by atoms with Gasteiger partial charge in [0.05, 0.1) is 24.8 Å². The Morgan fingerprint density at radius 2 is 1.62 bits per heavy atom. The molecule has 3 rings (SSSR count). The van der Waals surface area contributed by atoms with Crippen LogP contribution in [0.1, 0.15) is 15.9 Å². The number of carbonyl (C=O) groups excluding carboxylic acids is 1. The molecule has 0 atom stereocenters. The van der Waals surface area contributed by atoms with Gasteiger partial charge in [0.15, 0.2) is 0 Å². The van der Waals surface area contributed by atoms with E-state index in [1.165, 1.54) is 12.1 Å². The first-order chi connectivity index (χ1) is 11.4. The molecule has 1 aromatic heterocycles. The predicted molar refractivity (Wildman–Crippen MR) is 82.6 cm³/mol.